The van der Waals surface area contributed by atoms with Crippen molar-refractivity contribution in [2.24, 2.45) is 0 Å². The number of fused-ring (bicyclic) bond motifs is 3. The number of aryl methyl sites for hydroxylation is 2. The molecule has 0 fully saturated rings. The molecule has 1 heterocycles. The summed E-state index contributed by atoms with van der Waals surface area (Å²) in [6.45, 7) is 0. The Kier molecular flexibility index (Phi) is 3.12. The summed E-state index contributed by atoms with van der Waals surface area (Å²) in [4.78, 5) is 8.95. The average molecular weight is 305 g/mol. The van der Waals surface area contributed by atoms with E-state index in [1.807, 2.05) is 18.3 Å². The first-order valence-electron chi connectivity index (χ1n) is 7.43. The molecule has 114 valence electrons. The quantitative estimate of drug-likeness (QED) is 0.676. The van der Waals surface area contributed by atoms with Gasteiger partial charge < -0.3 is 15.5 Å². The number of hydrogen-bond donors (Lipinski definition) is 3. The number of nitrogens with one attached hydrogen (secondary N) is 1. The lowest BCUT2D eigenvalue weighted by Gasteiger charge is -2.19. The molecule has 4 rings (SSSR count). The van der Waals surface area contributed by atoms with Crippen molar-refractivity contribution < 1.29 is 10.2 Å². The predicted molar refractivity (Wildman–Crippen MR) is 87.9 cm³/mol. The second-order valence-corrected chi connectivity index (χ2v) is 5.58. The molecule has 0 bridgehead atoms. The minimum atomic E-state index is 0.184. The van der Waals surface area contributed by atoms with Crippen LogP contribution in [0.4, 0.5) is 11.6 Å². The number of aromatic hydroxyl groups is 2. The van der Waals surface area contributed by atoms with Crippen LogP contribution in [0.15, 0.2) is 48.7 Å². The van der Waals surface area contributed by atoms with Gasteiger partial charge in [0, 0.05) is 23.5 Å². The number of nitrogens with zero attached hydrogens (tertiary/aromatic N) is 2. The summed E-state index contributed by atoms with van der Waals surface area (Å²) >= 11 is 0. The van der Waals surface area contributed by atoms with Crippen LogP contribution in [0.5, 0.6) is 11.5 Å². The molecule has 0 unspecified atom stereocenters. The number of rotatable bonds is 2. The van der Waals surface area contributed by atoms with Gasteiger partial charge in [-0.15, -0.1) is 0 Å². The predicted octanol–water partition coefficient (Wildman–Crippen LogP) is 3.40. The molecule has 0 saturated carbocycles. The van der Waals surface area contributed by atoms with E-state index in [4.69, 9.17) is 0 Å². The maximum Gasteiger partial charge on any atom is 0.227 e. The molecule has 0 radical (unpaired) electrons. The van der Waals surface area contributed by atoms with Crippen molar-refractivity contribution in [1.82, 2.24) is 9.97 Å². The molecule has 0 atom stereocenters. The molecular weight excluding hydrogens is 290 g/mol. The number of aromatic nitrogens is 2. The molecule has 3 N–H and O–H groups in total. The maximum atomic E-state index is 9.76. The van der Waals surface area contributed by atoms with E-state index in [1.54, 1.807) is 30.3 Å². The van der Waals surface area contributed by atoms with Crippen LogP contribution in [0.1, 0.15) is 11.1 Å². The van der Waals surface area contributed by atoms with E-state index >= 15 is 0 Å². The third-order valence-corrected chi connectivity index (χ3v) is 3.98. The molecule has 2 aromatic carbocycles. The average Bonchev–Trinajstić information content (AvgIpc) is 2.55. The summed E-state index contributed by atoms with van der Waals surface area (Å²) in [5.41, 5.74) is 4.77. The monoisotopic (exact) mass is 305 g/mol. The van der Waals surface area contributed by atoms with Crippen molar-refractivity contribution in [3.05, 3.63) is 59.8 Å². The first-order valence-corrected chi connectivity index (χ1v) is 7.43. The molecule has 23 heavy (non-hydrogen) atoms. The Morgan fingerprint density at radius 1 is 0.913 bits per heavy atom. The van der Waals surface area contributed by atoms with Crippen LogP contribution in [0.25, 0.3) is 11.3 Å². The Morgan fingerprint density at radius 3 is 2.61 bits per heavy atom. The molecule has 0 amide bonds. The van der Waals surface area contributed by atoms with Crippen molar-refractivity contribution in [3.8, 4) is 22.8 Å². The molecule has 5 heteroatoms. The van der Waals surface area contributed by atoms with Crippen LogP contribution in [-0.2, 0) is 12.8 Å². The van der Waals surface area contributed by atoms with Crippen molar-refractivity contribution >= 4 is 11.6 Å². The lowest BCUT2D eigenvalue weighted by molar-refractivity contribution is 0.475. The zero-order valence-corrected chi connectivity index (χ0v) is 12.3. The third kappa shape index (κ3) is 2.57. The van der Waals surface area contributed by atoms with E-state index in [9.17, 15) is 10.2 Å². The topological polar surface area (TPSA) is 78.3 Å². The normalized spacial score (nSPS) is 12.3. The molecule has 1 aromatic heterocycles. The second-order valence-electron chi connectivity index (χ2n) is 5.58. The van der Waals surface area contributed by atoms with Gasteiger partial charge in [-0.25, -0.2) is 9.97 Å². The van der Waals surface area contributed by atoms with Gasteiger partial charge >= 0.3 is 0 Å². The van der Waals surface area contributed by atoms with E-state index in [1.165, 1.54) is 5.56 Å². The number of anilines is 2. The summed E-state index contributed by atoms with van der Waals surface area (Å²) in [7, 11) is 0. The van der Waals surface area contributed by atoms with Crippen LogP contribution >= 0.6 is 0 Å². The molecular formula is C18H15N3O2. The van der Waals surface area contributed by atoms with Crippen molar-refractivity contribution in [2.75, 3.05) is 5.32 Å². The van der Waals surface area contributed by atoms with Gasteiger partial charge in [-0.1, -0.05) is 12.1 Å². The zero-order chi connectivity index (χ0) is 15.8. The van der Waals surface area contributed by atoms with Gasteiger partial charge in [0.2, 0.25) is 5.95 Å². The van der Waals surface area contributed by atoms with E-state index in [0.29, 0.717) is 5.95 Å². The Hall–Kier alpha value is -3.08. The van der Waals surface area contributed by atoms with Gasteiger partial charge in [0.15, 0.2) is 0 Å². The standard InChI is InChI=1S/C18H15N3O2/c22-14-3-1-2-13(8-14)20-18-19-10-12-5-4-11-6-7-15(23)9-16(11)17(12)21-18/h1-3,6-10,22-23H,4-5H2,(H,19,20,21). The molecule has 5 nitrogen and oxygen atoms in total. The summed E-state index contributed by atoms with van der Waals surface area (Å²) in [5, 5.41) is 22.4. The van der Waals surface area contributed by atoms with Crippen LogP contribution in [-0.4, -0.2) is 20.2 Å². The van der Waals surface area contributed by atoms with Crippen LogP contribution in [0.2, 0.25) is 0 Å². The van der Waals surface area contributed by atoms with Gasteiger partial charge in [-0.3, -0.25) is 0 Å². The van der Waals surface area contributed by atoms with E-state index in [0.717, 1.165) is 35.3 Å². The van der Waals surface area contributed by atoms with Crippen LogP contribution < -0.4 is 5.32 Å². The lowest BCUT2D eigenvalue weighted by atomic mass is 9.90. The molecule has 3 aromatic rings. The van der Waals surface area contributed by atoms with Crippen molar-refractivity contribution in [3.63, 3.8) is 0 Å². The Bertz CT molecular complexity index is 893. The molecule has 1 aliphatic rings. The highest BCUT2D eigenvalue weighted by atomic mass is 16.3. The molecule has 0 saturated heterocycles. The number of phenolic OH excluding ortho intramolecular Hbond substituents is 2. The highest BCUT2D eigenvalue weighted by Crippen LogP contribution is 2.34. The van der Waals surface area contributed by atoms with Crippen molar-refractivity contribution in [2.45, 2.75) is 12.8 Å². The SMILES string of the molecule is Oc1cccc(Nc2ncc3c(n2)-c2cc(O)ccc2CC3)c1. The minimum Gasteiger partial charge on any atom is -0.508 e. The Balaban J connectivity index is 1.74. The van der Waals surface area contributed by atoms with E-state index in [2.05, 4.69) is 15.3 Å². The minimum absolute atomic E-state index is 0.184. The van der Waals surface area contributed by atoms with Gasteiger partial charge in [-0.05, 0) is 48.2 Å². The Labute approximate surface area is 133 Å². The fourth-order valence-corrected chi connectivity index (χ4v) is 2.87. The highest BCUT2D eigenvalue weighted by molar-refractivity contribution is 5.72. The fraction of sp³-hybridized carbons (Fsp3) is 0.111. The zero-order valence-electron chi connectivity index (χ0n) is 12.3. The maximum absolute atomic E-state index is 9.76. The number of benzene rings is 2. The highest BCUT2D eigenvalue weighted by Gasteiger charge is 2.19. The largest absolute Gasteiger partial charge is 0.508 e. The van der Waals surface area contributed by atoms with E-state index < -0.39 is 0 Å². The number of phenols is 2. The third-order valence-electron chi connectivity index (χ3n) is 3.98. The summed E-state index contributed by atoms with van der Waals surface area (Å²) < 4.78 is 0. The van der Waals surface area contributed by atoms with Gasteiger partial charge in [0.25, 0.3) is 0 Å². The smallest absolute Gasteiger partial charge is 0.227 e. The fourth-order valence-electron chi connectivity index (χ4n) is 2.87. The first-order chi connectivity index (χ1) is 11.2. The van der Waals surface area contributed by atoms with Crippen molar-refractivity contribution in [1.29, 1.82) is 0 Å². The van der Waals surface area contributed by atoms with Gasteiger partial charge in [0.05, 0.1) is 5.69 Å². The summed E-state index contributed by atoms with van der Waals surface area (Å²) in [5.74, 6) is 0.881. The molecule has 0 aliphatic heterocycles. The van der Waals surface area contributed by atoms with Gasteiger partial charge in [0.1, 0.15) is 11.5 Å². The second kappa shape index (κ2) is 5.28. The van der Waals surface area contributed by atoms with E-state index in [-0.39, 0.29) is 11.5 Å². The number of hydrogen-bond acceptors (Lipinski definition) is 5. The summed E-state index contributed by atoms with van der Waals surface area (Å²) in [6.07, 6.45) is 3.63. The Morgan fingerprint density at radius 2 is 1.74 bits per heavy atom. The molecule has 0 spiro atoms. The molecule has 1 aliphatic carbocycles. The summed E-state index contributed by atoms with van der Waals surface area (Å²) in [6, 6.07) is 12.2. The van der Waals surface area contributed by atoms with Crippen LogP contribution in [0, 0.1) is 0 Å². The lowest BCUT2D eigenvalue weighted by Crippen LogP contribution is -2.08. The van der Waals surface area contributed by atoms with Gasteiger partial charge in [-0.2, -0.15) is 0 Å². The first kappa shape index (κ1) is 13.6. The van der Waals surface area contributed by atoms with Crippen LogP contribution in [0.3, 0.4) is 0 Å².